The first kappa shape index (κ1) is 25.3. The zero-order valence-electron chi connectivity index (χ0n) is 21.2. The Morgan fingerprint density at radius 1 is 1.00 bits per heavy atom. The first-order chi connectivity index (χ1) is 17.3. The van der Waals surface area contributed by atoms with Gasteiger partial charge in [-0.2, -0.15) is 0 Å². The highest BCUT2D eigenvalue weighted by molar-refractivity contribution is 6.46. The van der Waals surface area contributed by atoms with Gasteiger partial charge in [0.1, 0.15) is 5.76 Å². The van der Waals surface area contributed by atoms with Crippen LogP contribution in [0.3, 0.4) is 0 Å². The van der Waals surface area contributed by atoms with Crippen molar-refractivity contribution in [3.05, 3.63) is 77.4 Å². The van der Waals surface area contributed by atoms with Gasteiger partial charge in [-0.1, -0.05) is 49.4 Å². The Morgan fingerprint density at radius 2 is 1.75 bits per heavy atom. The average Bonchev–Trinajstić information content (AvgIpc) is 3.14. The van der Waals surface area contributed by atoms with Crippen LogP contribution in [0.5, 0.6) is 11.5 Å². The van der Waals surface area contributed by atoms with Gasteiger partial charge in [0.25, 0.3) is 11.7 Å². The number of Topliss-reactive ketones (excluding diaryl/α,β-unsaturated/α-hetero) is 1. The second kappa shape index (κ2) is 10.8. The number of ether oxygens (including phenoxy) is 2. The topological polar surface area (TPSA) is 79.3 Å². The molecule has 1 heterocycles. The summed E-state index contributed by atoms with van der Waals surface area (Å²) in [5, 5.41) is 13.4. The van der Waals surface area contributed by atoms with Gasteiger partial charge < -0.3 is 24.4 Å². The van der Waals surface area contributed by atoms with Crippen molar-refractivity contribution in [1.29, 1.82) is 0 Å². The molecule has 0 spiro atoms. The molecular formula is C29H32N2O5. The van der Waals surface area contributed by atoms with Crippen LogP contribution in [0.15, 0.2) is 66.2 Å². The average molecular weight is 489 g/mol. The molecule has 1 amide bonds. The number of carbonyl (C=O) groups excluding carboxylic acids is 2. The number of rotatable bonds is 9. The van der Waals surface area contributed by atoms with E-state index >= 15 is 0 Å². The highest BCUT2D eigenvalue weighted by atomic mass is 16.5. The van der Waals surface area contributed by atoms with E-state index in [4.69, 9.17) is 9.47 Å². The third-order valence-corrected chi connectivity index (χ3v) is 6.32. The second-order valence-electron chi connectivity index (χ2n) is 9.12. The van der Waals surface area contributed by atoms with E-state index in [1.54, 1.807) is 25.3 Å². The van der Waals surface area contributed by atoms with E-state index in [2.05, 4.69) is 0 Å². The summed E-state index contributed by atoms with van der Waals surface area (Å²) in [7, 11) is 5.38. The summed E-state index contributed by atoms with van der Waals surface area (Å²) in [4.78, 5) is 30.0. The standard InChI is InChI=1S/C29H32N2O5/c1-5-16-36-24-18-21(12-13-23(24)35-4)26-25(28(33)29(34)31(26)15-14-30(2)3)27(32)22-11-10-19-8-6-7-9-20(19)17-22/h6-13,17-18,26,32H,5,14-16H2,1-4H3/b27-25+. The lowest BCUT2D eigenvalue weighted by Gasteiger charge is -2.27. The van der Waals surface area contributed by atoms with Crippen LogP contribution in [-0.4, -0.2) is 67.5 Å². The summed E-state index contributed by atoms with van der Waals surface area (Å²) in [5.74, 6) is -0.427. The number of aliphatic hydroxyl groups is 1. The molecule has 0 radical (unpaired) electrons. The maximum absolute atomic E-state index is 13.3. The van der Waals surface area contributed by atoms with Crippen LogP contribution in [-0.2, 0) is 9.59 Å². The lowest BCUT2D eigenvalue weighted by atomic mass is 9.94. The Kier molecular flexibility index (Phi) is 7.60. The molecule has 7 nitrogen and oxygen atoms in total. The van der Waals surface area contributed by atoms with Gasteiger partial charge in [-0.3, -0.25) is 9.59 Å². The first-order valence-electron chi connectivity index (χ1n) is 12.1. The predicted octanol–water partition coefficient (Wildman–Crippen LogP) is 4.62. The minimum atomic E-state index is -0.758. The van der Waals surface area contributed by atoms with E-state index < -0.39 is 17.7 Å². The number of fused-ring (bicyclic) bond motifs is 1. The van der Waals surface area contributed by atoms with Gasteiger partial charge in [-0.15, -0.1) is 0 Å². The van der Waals surface area contributed by atoms with Crippen LogP contribution in [0.1, 0.15) is 30.5 Å². The number of likely N-dealkylation sites (N-methyl/N-ethyl adjacent to an activating group) is 1. The number of hydrogen-bond acceptors (Lipinski definition) is 6. The lowest BCUT2D eigenvalue weighted by Crippen LogP contribution is -2.35. The number of benzene rings is 3. The summed E-state index contributed by atoms with van der Waals surface area (Å²) < 4.78 is 11.3. The summed E-state index contributed by atoms with van der Waals surface area (Å²) in [5.41, 5.74) is 1.23. The fourth-order valence-corrected chi connectivity index (χ4v) is 4.45. The van der Waals surface area contributed by atoms with E-state index in [9.17, 15) is 14.7 Å². The Balaban J connectivity index is 1.87. The minimum absolute atomic E-state index is 0.0700. The van der Waals surface area contributed by atoms with Crippen molar-refractivity contribution in [3.8, 4) is 11.5 Å². The molecule has 7 heteroatoms. The molecule has 0 bridgehead atoms. The quantitative estimate of drug-likeness (QED) is 0.269. The molecule has 1 N–H and O–H groups in total. The number of ketones is 1. The van der Waals surface area contributed by atoms with Crippen LogP contribution < -0.4 is 9.47 Å². The normalized spacial score (nSPS) is 17.2. The Hall–Kier alpha value is -3.84. The molecule has 1 saturated heterocycles. The van der Waals surface area contributed by atoms with E-state index in [1.165, 1.54) is 4.90 Å². The van der Waals surface area contributed by atoms with Crippen LogP contribution in [0.2, 0.25) is 0 Å². The predicted molar refractivity (Wildman–Crippen MR) is 140 cm³/mol. The van der Waals surface area contributed by atoms with E-state index in [-0.39, 0.29) is 11.3 Å². The van der Waals surface area contributed by atoms with E-state index in [0.29, 0.717) is 42.3 Å². The third kappa shape index (κ3) is 4.93. The molecule has 1 fully saturated rings. The van der Waals surface area contributed by atoms with Gasteiger partial charge in [-0.25, -0.2) is 0 Å². The molecule has 188 valence electrons. The van der Waals surface area contributed by atoms with Crippen LogP contribution in [0, 0.1) is 0 Å². The highest BCUT2D eigenvalue weighted by Gasteiger charge is 2.46. The van der Waals surface area contributed by atoms with Crippen molar-refractivity contribution < 1.29 is 24.2 Å². The highest BCUT2D eigenvalue weighted by Crippen LogP contribution is 2.42. The molecule has 1 unspecified atom stereocenters. The van der Waals surface area contributed by atoms with E-state index in [0.717, 1.165) is 17.2 Å². The van der Waals surface area contributed by atoms with Crippen LogP contribution in [0.4, 0.5) is 0 Å². The molecule has 0 aromatic heterocycles. The molecule has 4 rings (SSSR count). The molecule has 36 heavy (non-hydrogen) atoms. The van der Waals surface area contributed by atoms with Crippen molar-refractivity contribution in [1.82, 2.24) is 9.80 Å². The molecule has 0 saturated carbocycles. The SMILES string of the molecule is CCCOc1cc(C2/C(=C(\O)c3ccc4ccccc4c3)C(=O)C(=O)N2CCN(C)C)ccc1OC. The molecule has 0 aliphatic carbocycles. The second-order valence-corrected chi connectivity index (χ2v) is 9.12. The van der Waals surface area contributed by atoms with Crippen molar-refractivity contribution in [3.63, 3.8) is 0 Å². The molecule has 3 aromatic carbocycles. The smallest absolute Gasteiger partial charge is 0.295 e. The zero-order valence-corrected chi connectivity index (χ0v) is 21.2. The van der Waals surface area contributed by atoms with Crippen LogP contribution in [0.25, 0.3) is 16.5 Å². The number of hydrogen-bond donors (Lipinski definition) is 1. The van der Waals surface area contributed by atoms with Gasteiger partial charge in [0.2, 0.25) is 0 Å². The maximum atomic E-state index is 13.3. The van der Waals surface area contributed by atoms with Crippen molar-refractivity contribution in [2.75, 3.05) is 40.9 Å². The summed E-state index contributed by atoms with van der Waals surface area (Å²) in [6.07, 6.45) is 0.816. The molecular weight excluding hydrogens is 456 g/mol. The van der Waals surface area contributed by atoms with Gasteiger partial charge in [-0.05, 0) is 55.1 Å². The number of aliphatic hydroxyl groups excluding tert-OH is 1. The van der Waals surface area contributed by atoms with Crippen LogP contribution >= 0.6 is 0 Å². The molecule has 1 aliphatic heterocycles. The number of carbonyl (C=O) groups is 2. The molecule has 1 aliphatic rings. The summed E-state index contributed by atoms with van der Waals surface area (Å²) >= 11 is 0. The number of likely N-dealkylation sites (tertiary alicyclic amines) is 1. The van der Waals surface area contributed by atoms with Crippen molar-refractivity contribution in [2.24, 2.45) is 0 Å². The van der Waals surface area contributed by atoms with Crippen molar-refractivity contribution in [2.45, 2.75) is 19.4 Å². The van der Waals surface area contributed by atoms with Gasteiger partial charge in [0.15, 0.2) is 11.5 Å². The zero-order chi connectivity index (χ0) is 25.8. The number of amides is 1. The summed E-state index contributed by atoms with van der Waals surface area (Å²) in [6, 6.07) is 17.9. The first-order valence-corrected chi connectivity index (χ1v) is 12.1. The maximum Gasteiger partial charge on any atom is 0.295 e. The Bertz CT molecular complexity index is 1310. The Labute approximate surface area is 211 Å². The molecule has 1 atom stereocenters. The van der Waals surface area contributed by atoms with Gasteiger partial charge in [0, 0.05) is 18.7 Å². The minimum Gasteiger partial charge on any atom is -0.507 e. The van der Waals surface area contributed by atoms with Gasteiger partial charge >= 0.3 is 0 Å². The summed E-state index contributed by atoms with van der Waals surface area (Å²) in [6.45, 7) is 3.40. The monoisotopic (exact) mass is 488 g/mol. The Morgan fingerprint density at radius 3 is 2.44 bits per heavy atom. The lowest BCUT2D eigenvalue weighted by molar-refractivity contribution is -0.140. The van der Waals surface area contributed by atoms with E-state index in [1.807, 2.05) is 68.4 Å². The fraction of sp³-hybridized carbons (Fsp3) is 0.310. The third-order valence-electron chi connectivity index (χ3n) is 6.32. The fourth-order valence-electron chi connectivity index (χ4n) is 4.45. The number of nitrogens with zero attached hydrogens (tertiary/aromatic N) is 2. The number of methoxy groups -OCH3 is 1. The largest absolute Gasteiger partial charge is 0.507 e. The van der Waals surface area contributed by atoms with Gasteiger partial charge in [0.05, 0.1) is 25.3 Å². The molecule has 3 aromatic rings. The van der Waals surface area contributed by atoms with Crippen molar-refractivity contribution >= 4 is 28.2 Å².